The third kappa shape index (κ3) is 8.01. The fourth-order valence-corrected chi connectivity index (χ4v) is 5.33. The van der Waals surface area contributed by atoms with Gasteiger partial charge in [-0.15, -0.1) is 0 Å². The number of carbonyl (C=O) groups is 2. The standard InChI is InChI=1S/C26H32F3N3O6S/c1-24(2,3)31-22(33)14-18-15-32(39(35,36)19-9-7-8-16(12-19)26(27,28)29)20-13-17(10-11-21(20)37-18)30-23(34)38-25(4,5)6/h7-13,18H,14-15H2,1-6H3,(H,30,34)(H,31,33). The predicted octanol–water partition coefficient (Wildman–Crippen LogP) is 5.31. The maximum absolute atomic E-state index is 13.7. The Morgan fingerprint density at radius 2 is 1.72 bits per heavy atom. The summed E-state index contributed by atoms with van der Waals surface area (Å²) in [5, 5.41) is 5.28. The second-order valence-corrected chi connectivity index (χ2v) is 13.0. The van der Waals surface area contributed by atoms with Gasteiger partial charge >= 0.3 is 12.3 Å². The highest BCUT2D eigenvalue weighted by Crippen LogP contribution is 2.40. The largest absolute Gasteiger partial charge is 0.486 e. The molecule has 9 nitrogen and oxygen atoms in total. The minimum Gasteiger partial charge on any atom is -0.486 e. The van der Waals surface area contributed by atoms with Crippen molar-refractivity contribution in [3.8, 4) is 5.75 Å². The molecule has 2 aromatic carbocycles. The topological polar surface area (TPSA) is 114 Å². The van der Waals surface area contributed by atoms with E-state index < -0.39 is 55.9 Å². The Kier molecular flexibility index (Phi) is 8.16. The number of hydrogen-bond donors (Lipinski definition) is 2. The van der Waals surface area contributed by atoms with Crippen molar-refractivity contribution in [3.63, 3.8) is 0 Å². The van der Waals surface area contributed by atoms with Crippen LogP contribution in [0.3, 0.4) is 0 Å². The van der Waals surface area contributed by atoms with E-state index in [0.29, 0.717) is 6.07 Å². The number of carbonyl (C=O) groups excluding carboxylic acids is 2. The number of sulfonamides is 1. The number of amides is 2. The highest BCUT2D eigenvalue weighted by molar-refractivity contribution is 7.92. The molecule has 1 atom stereocenters. The molecular weight excluding hydrogens is 539 g/mol. The molecule has 0 aliphatic carbocycles. The van der Waals surface area contributed by atoms with Gasteiger partial charge < -0.3 is 14.8 Å². The number of benzene rings is 2. The van der Waals surface area contributed by atoms with E-state index in [1.807, 2.05) is 0 Å². The average Bonchev–Trinajstić information content (AvgIpc) is 2.75. The minimum atomic E-state index is -4.76. The van der Waals surface area contributed by atoms with Crippen molar-refractivity contribution in [1.82, 2.24) is 5.32 Å². The Hall–Kier alpha value is -3.48. The van der Waals surface area contributed by atoms with Crippen molar-refractivity contribution in [2.75, 3.05) is 16.2 Å². The number of anilines is 2. The Balaban J connectivity index is 2.03. The zero-order valence-electron chi connectivity index (χ0n) is 22.5. The molecule has 0 saturated carbocycles. The maximum Gasteiger partial charge on any atom is 0.416 e. The normalized spacial score (nSPS) is 16.1. The van der Waals surface area contributed by atoms with E-state index in [2.05, 4.69) is 10.6 Å². The molecule has 1 aliphatic rings. The van der Waals surface area contributed by atoms with Gasteiger partial charge in [-0.2, -0.15) is 13.2 Å². The first-order valence-corrected chi connectivity index (χ1v) is 13.5. The van der Waals surface area contributed by atoms with Crippen molar-refractivity contribution in [2.24, 2.45) is 0 Å². The zero-order valence-corrected chi connectivity index (χ0v) is 23.3. The summed E-state index contributed by atoms with van der Waals surface area (Å²) in [6, 6.07) is 7.56. The van der Waals surface area contributed by atoms with Crippen LogP contribution < -0.4 is 19.7 Å². The van der Waals surface area contributed by atoms with Crippen LogP contribution in [-0.4, -0.2) is 44.2 Å². The van der Waals surface area contributed by atoms with Crippen LogP contribution in [0, 0.1) is 0 Å². The molecule has 0 spiro atoms. The van der Waals surface area contributed by atoms with Crippen molar-refractivity contribution in [3.05, 3.63) is 48.0 Å². The molecule has 0 bridgehead atoms. The van der Waals surface area contributed by atoms with Gasteiger partial charge in [0.05, 0.1) is 29.1 Å². The van der Waals surface area contributed by atoms with Crippen molar-refractivity contribution < 1.29 is 40.7 Å². The summed E-state index contributed by atoms with van der Waals surface area (Å²) in [5.41, 5.74) is -2.32. The predicted molar refractivity (Wildman–Crippen MR) is 139 cm³/mol. The number of halogens is 3. The third-order valence-electron chi connectivity index (χ3n) is 5.21. The number of nitrogens with zero attached hydrogens (tertiary/aromatic N) is 1. The van der Waals surface area contributed by atoms with Crippen LogP contribution in [0.15, 0.2) is 47.4 Å². The maximum atomic E-state index is 13.7. The van der Waals surface area contributed by atoms with Gasteiger partial charge in [-0.1, -0.05) is 6.07 Å². The molecule has 1 unspecified atom stereocenters. The lowest BCUT2D eigenvalue weighted by molar-refractivity contribution is -0.137. The number of rotatable bonds is 5. The molecule has 214 valence electrons. The van der Waals surface area contributed by atoms with Crippen molar-refractivity contribution in [1.29, 1.82) is 0 Å². The molecule has 0 saturated heterocycles. The molecule has 0 radical (unpaired) electrons. The Morgan fingerprint density at radius 3 is 2.31 bits per heavy atom. The number of fused-ring (bicyclic) bond motifs is 1. The van der Waals surface area contributed by atoms with Crippen molar-refractivity contribution in [2.45, 2.75) is 76.3 Å². The Bertz CT molecular complexity index is 1350. The second kappa shape index (κ2) is 10.6. The van der Waals surface area contributed by atoms with Crippen molar-refractivity contribution >= 4 is 33.4 Å². The first-order chi connectivity index (χ1) is 17.7. The third-order valence-corrected chi connectivity index (χ3v) is 6.99. The van der Waals surface area contributed by atoms with Crippen LogP contribution in [0.25, 0.3) is 0 Å². The summed E-state index contributed by atoms with van der Waals surface area (Å²) in [6.45, 7) is 10.0. The highest BCUT2D eigenvalue weighted by Gasteiger charge is 2.38. The van der Waals surface area contributed by atoms with Gasteiger partial charge in [-0.3, -0.25) is 14.4 Å². The fourth-order valence-electron chi connectivity index (χ4n) is 3.78. The molecule has 39 heavy (non-hydrogen) atoms. The molecule has 0 aromatic heterocycles. The first-order valence-electron chi connectivity index (χ1n) is 12.1. The molecular formula is C26H32F3N3O6S. The molecule has 13 heteroatoms. The van der Waals surface area contributed by atoms with Crippen LogP contribution in [0.2, 0.25) is 0 Å². The molecule has 2 aromatic rings. The summed E-state index contributed by atoms with van der Waals surface area (Å²) in [6.07, 6.45) is -6.69. The van der Waals surface area contributed by atoms with Gasteiger partial charge in [0.2, 0.25) is 5.91 Å². The van der Waals surface area contributed by atoms with E-state index in [1.54, 1.807) is 41.5 Å². The second-order valence-electron chi connectivity index (χ2n) is 11.1. The van der Waals surface area contributed by atoms with E-state index in [4.69, 9.17) is 9.47 Å². The highest BCUT2D eigenvalue weighted by atomic mass is 32.2. The van der Waals surface area contributed by atoms with Gasteiger partial charge in [0.15, 0.2) is 0 Å². The van der Waals surface area contributed by atoms with Crippen LogP contribution in [0.1, 0.15) is 53.5 Å². The van der Waals surface area contributed by atoms with Crippen LogP contribution in [-0.2, 0) is 25.7 Å². The lowest BCUT2D eigenvalue weighted by Gasteiger charge is -2.36. The van der Waals surface area contributed by atoms with Gasteiger partial charge in [0, 0.05) is 11.2 Å². The van der Waals surface area contributed by atoms with E-state index in [9.17, 15) is 31.2 Å². The van der Waals surface area contributed by atoms with Crippen LogP contribution in [0.5, 0.6) is 5.75 Å². The van der Waals surface area contributed by atoms with E-state index in [0.717, 1.165) is 22.5 Å². The van der Waals surface area contributed by atoms with Gasteiger partial charge in [0.25, 0.3) is 10.0 Å². The smallest absolute Gasteiger partial charge is 0.416 e. The minimum absolute atomic E-state index is 0.0200. The van der Waals surface area contributed by atoms with Gasteiger partial charge in [0.1, 0.15) is 17.5 Å². The van der Waals surface area contributed by atoms with E-state index in [1.165, 1.54) is 18.2 Å². The Morgan fingerprint density at radius 1 is 1.05 bits per heavy atom. The Labute approximate surface area is 225 Å². The summed E-state index contributed by atoms with van der Waals surface area (Å²) in [4.78, 5) is 24.2. The van der Waals surface area contributed by atoms with Gasteiger partial charge in [-0.25, -0.2) is 13.2 Å². The number of hydrogen-bond acceptors (Lipinski definition) is 6. The molecule has 1 heterocycles. The molecule has 3 rings (SSSR count). The van der Waals surface area contributed by atoms with Gasteiger partial charge in [-0.05, 0) is 77.9 Å². The van der Waals surface area contributed by atoms with Crippen LogP contribution >= 0.6 is 0 Å². The van der Waals surface area contributed by atoms with E-state index in [-0.39, 0.29) is 30.1 Å². The lowest BCUT2D eigenvalue weighted by atomic mass is 10.1. The SMILES string of the molecule is CC(C)(C)NC(=O)CC1CN(S(=O)(=O)c2cccc(C(F)(F)F)c2)c2cc(NC(=O)OC(C)(C)C)ccc2O1. The number of nitrogens with one attached hydrogen (secondary N) is 2. The number of alkyl halides is 3. The molecule has 2 amide bonds. The average molecular weight is 572 g/mol. The fraction of sp³-hybridized carbons (Fsp3) is 0.462. The molecule has 0 fully saturated rings. The lowest BCUT2D eigenvalue weighted by Crippen LogP contribution is -2.47. The molecule has 2 N–H and O–H groups in total. The first kappa shape index (κ1) is 30.1. The summed E-state index contributed by atoms with van der Waals surface area (Å²) < 4.78 is 79.5. The zero-order chi connectivity index (χ0) is 29.4. The van der Waals surface area contributed by atoms with E-state index >= 15 is 0 Å². The summed E-state index contributed by atoms with van der Waals surface area (Å²) in [5.74, 6) is -0.323. The number of ether oxygens (including phenoxy) is 2. The molecule has 1 aliphatic heterocycles. The monoisotopic (exact) mass is 571 g/mol. The van der Waals surface area contributed by atoms with Crippen LogP contribution in [0.4, 0.5) is 29.3 Å². The summed E-state index contributed by atoms with van der Waals surface area (Å²) in [7, 11) is -4.56. The quantitative estimate of drug-likeness (QED) is 0.503. The summed E-state index contributed by atoms with van der Waals surface area (Å²) >= 11 is 0.